The van der Waals surface area contributed by atoms with E-state index in [2.05, 4.69) is 19.9 Å². The lowest BCUT2D eigenvalue weighted by Gasteiger charge is -2.34. The van der Waals surface area contributed by atoms with Crippen LogP contribution < -0.4 is 0 Å². The fraction of sp³-hybridized carbons (Fsp3) is 0.667. The molecule has 2 aliphatic heterocycles. The van der Waals surface area contributed by atoms with Crippen LogP contribution in [0.5, 0.6) is 0 Å². The standard InChI is InChI=1S/C18H28N8O3S/c1-4-24-12-15(11-19-24)30(28,29)25-9-10-26-16(13-25)20-21-17(26)14-5-7-23(8-6-14)18(27)22(2)3/h11-12,14H,4-10,13H2,1-3H3. The second kappa shape index (κ2) is 7.99. The van der Waals surface area contributed by atoms with Gasteiger partial charge >= 0.3 is 6.03 Å². The van der Waals surface area contributed by atoms with Crippen LogP contribution >= 0.6 is 0 Å². The molecule has 1 saturated heterocycles. The van der Waals surface area contributed by atoms with Gasteiger partial charge in [-0.1, -0.05) is 0 Å². The normalized spacial score (nSPS) is 18.4. The van der Waals surface area contributed by atoms with E-state index in [0.717, 1.165) is 18.7 Å². The minimum Gasteiger partial charge on any atom is -0.331 e. The Labute approximate surface area is 176 Å². The molecular weight excluding hydrogens is 408 g/mol. The maximum absolute atomic E-state index is 13.0. The summed E-state index contributed by atoms with van der Waals surface area (Å²) in [6.07, 6.45) is 4.61. The third kappa shape index (κ3) is 3.69. The molecule has 0 radical (unpaired) electrons. The fourth-order valence-corrected chi connectivity index (χ4v) is 5.42. The van der Waals surface area contributed by atoms with E-state index < -0.39 is 10.0 Å². The summed E-state index contributed by atoms with van der Waals surface area (Å²) in [6, 6.07) is 0.0315. The summed E-state index contributed by atoms with van der Waals surface area (Å²) in [5.41, 5.74) is 0. The quantitative estimate of drug-likeness (QED) is 0.693. The number of fused-ring (bicyclic) bond motifs is 1. The molecule has 4 rings (SSSR count). The number of rotatable bonds is 4. The zero-order chi connectivity index (χ0) is 21.5. The number of urea groups is 1. The van der Waals surface area contributed by atoms with Gasteiger partial charge in [0.15, 0.2) is 0 Å². The van der Waals surface area contributed by atoms with Crippen molar-refractivity contribution in [2.45, 2.75) is 50.2 Å². The van der Waals surface area contributed by atoms with Gasteiger partial charge in [-0.2, -0.15) is 9.40 Å². The molecule has 164 valence electrons. The molecule has 0 aliphatic carbocycles. The van der Waals surface area contributed by atoms with Gasteiger partial charge in [0.25, 0.3) is 0 Å². The van der Waals surface area contributed by atoms with Crippen LogP contribution in [-0.4, -0.2) is 86.8 Å². The number of hydrogen-bond acceptors (Lipinski definition) is 6. The number of carbonyl (C=O) groups is 1. The van der Waals surface area contributed by atoms with Crippen LogP contribution in [0.2, 0.25) is 0 Å². The number of amides is 2. The SMILES string of the molecule is CCn1cc(S(=O)(=O)N2CCn3c(nnc3C3CCN(C(=O)N(C)C)CC3)C2)cn1. The second-order valence-electron chi connectivity index (χ2n) is 7.93. The first-order valence-corrected chi connectivity index (χ1v) is 11.7. The summed E-state index contributed by atoms with van der Waals surface area (Å²) in [6.45, 7) is 4.99. The number of aryl methyl sites for hydroxylation is 1. The van der Waals surface area contributed by atoms with Gasteiger partial charge in [-0.05, 0) is 19.8 Å². The summed E-state index contributed by atoms with van der Waals surface area (Å²) in [7, 11) is -0.0939. The zero-order valence-electron chi connectivity index (χ0n) is 17.6. The van der Waals surface area contributed by atoms with E-state index in [0.29, 0.717) is 38.5 Å². The molecule has 0 saturated carbocycles. The average molecular weight is 437 g/mol. The minimum absolute atomic E-state index is 0.0315. The molecule has 2 amide bonds. The molecule has 0 bridgehead atoms. The van der Waals surface area contributed by atoms with Crippen LogP contribution in [0.1, 0.15) is 37.3 Å². The largest absolute Gasteiger partial charge is 0.331 e. The highest BCUT2D eigenvalue weighted by molar-refractivity contribution is 7.89. The van der Waals surface area contributed by atoms with E-state index in [9.17, 15) is 13.2 Å². The maximum atomic E-state index is 13.0. The first-order chi connectivity index (χ1) is 14.3. The number of nitrogens with zero attached hydrogens (tertiary/aromatic N) is 8. The molecule has 0 unspecified atom stereocenters. The van der Waals surface area contributed by atoms with Gasteiger partial charge < -0.3 is 14.4 Å². The van der Waals surface area contributed by atoms with Crippen LogP contribution in [0.25, 0.3) is 0 Å². The predicted molar refractivity (Wildman–Crippen MR) is 108 cm³/mol. The first-order valence-electron chi connectivity index (χ1n) is 10.2. The van der Waals surface area contributed by atoms with Gasteiger partial charge in [0.2, 0.25) is 10.0 Å². The smallest absolute Gasteiger partial charge is 0.319 e. The molecule has 2 aliphatic rings. The monoisotopic (exact) mass is 436 g/mol. The van der Waals surface area contributed by atoms with E-state index in [-0.39, 0.29) is 23.4 Å². The van der Waals surface area contributed by atoms with Crippen LogP contribution in [0.15, 0.2) is 17.3 Å². The molecule has 11 nitrogen and oxygen atoms in total. The Morgan fingerprint density at radius 1 is 1.17 bits per heavy atom. The summed E-state index contributed by atoms with van der Waals surface area (Å²) in [5, 5.41) is 12.8. The van der Waals surface area contributed by atoms with Crippen LogP contribution in [0.4, 0.5) is 4.79 Å². The number of carbonyl (C=O) groups excluding carboxylic acids is 1. The lowest BCUT2D eigenvalue weighted by Crippen LogP contribution is -2.44. The van der Waals surface area contributed by atoms with Crippen molar-refractivity contribution in [2.75, 3.05) is 33.7 Å². The van der Waals surface area contributed by atoms with Gasteiger partial charge in [-0.3, -0.25) is 4.68 Å². The van der Waals surface area contributed by atoms with Gasteiger partial charge in [-0.15, -0.1) is 10.2 Å². The molecule has 0 spiro atoms. The van der Waals surface area contributed by atoms with Crippen molar-refractivity contribution in [3.05, 3.63) is 24.0 Å². The van der Waals surface area contributed by atoms with Crippen LogP contribution in [-0.2, 0) is 29.7 Å². The topological polar surface area (TPSA) is 109 Å². The summed E-state index contributed by atoms with van der Waals surface area (Å²) in [5.74, 6) is 1.79. The van der Waals surface area contributed by atoms with Crippen molar-refractivity contribution >= 4 is 16.1 Å². The number of likely N-dealkylation sites (tertiary alicyclic amines) is 1. The van der Waals surface area contributed by atoms with Gasteiger partial charge in [0.1, 0.15) is 16.5 Å². The molecule has 0 aromatic carbocycles. The number of aromatic nitrogens is 5. The highest BCUT2D eigenvalue weighted by Gasteiger charge is 2.34. The Hall–Kier alpha value is -2.47. The summed E-state index contributed by atoms with van der Waals surface area (Å²) in [4.78, 5) is 15.8. The molecule has 2 aromatic heterocycles. The number of piperidine rings is 1. The van der Waals surface area contributed by atoms with Crippen molar-refractivity contribution in [1.82, 2.24) is 38.6 Å². The Morgan fingerprint density at radius 2 is 1.90 bits per heavy atom. The van der Waals surface area contributed by atoms with Crippen LogP contribution in [0, 0.1) is 0 Å². The summed E-state index contributed by atoms with van der Waals surface area (Å²) >= 11 is 0. The highest BCUT2D eigenvalue weighted by atomic mass is 32.2. The molecule has 1 fully saturated rings. The van der Waals surface area contributed by atoms with Gasteiger partial charge in [-0.25, -0.2) is 13.2 Å². The molecule has 4 heterocycles. The molecule has 0 N–H and O–H groups in total. The van der Waals surface area contributed by atoms with Crippen molar-refractivity contribution in [3.63, 3.8) is 0 Å². The molecular formula is C18H28N8O3S. The van der Waals surface area contributed by atoms with E-state index in [1.165, 1.54) is 10.5 Å². The fourth-order valence-electron chi connectivity index (χ4n) is 4.08. The molecule has 0 atom stereocenters. The Kier molecular flexibility index (Phi) is 5.53. The third-order valence-corrected chi connectivity index (χ3v) is 7.63. The molecule has 2 aromatic rings. The Balaban J connectivity index is 1.46. The Morgan fingerprint density at radius 3 is 2.53 bits per heavy atom. The highest BCUT2D eigenvalue weighted by Crippen LogP contribution is 2.30. The van der Waals surface area contributed by atoms with Crippen molar-refractivity contribution in [2.24, 2.45) is 0 Å². The maximum Gasteiger partial charge on any atom is 0.319 e. The van der Waals surface area contributed by atoms with E-state index in [1.807, 2.05) is 11.8 Å². The van der Waals surface area contributed by atoms with E-state index >= 15 is 0 Å². The number of hydrogen-bond donors (Lipinski definition) is 0. The Bertz CT molecular complexity index is 1020. The first kappa shape index (κ1) is 20.8. The predicted octanol–water partition coefficient (Wildman–Crippen LogP) is 0.560. The average Bonchev–Trinajstić information content (AvgIpc) is 3.40. The van der Waals surface area contributed by atoms with Crippen molar-refractivity contribution < 1.29 is 13.2 Å². The van der Waals surface area contributed by atoms with Crippen molar-refractivity contribution in [3.8, 4) is 0 Å². The second-order valence-corrected chi connectivity index (χ2v) is 9.87. The lowest BCUT2D eigenvalue weighted by atomic mass is 9.96. The molecule has 30 heavy (non-hydrogen) atoms. The van der Waals surface area contributed by atoms with E-state index in [1.54, 1.807) is 29.9 Å². The van der Waals surface area contributed by atoms with Crippen molar-refractivity contribution in [1.29, 1.82) is 0 Å². The number of sulfonamides is 1. The van der Waals surface area contributed by atoms with Crippen LogP contribution in [0.3, 0.4) is 0 Å². The zero-order valence-corrected chi connectivity index (χ0v) is 18.4. The summed E-state index contributed by atoms with van der Waals surface area (Å²) < 4.78 is 31.0. The van der Waals surface area contributed by atoms with Gasteiger partial charge in [0, 0.05) is 58.9 Å². The van der Waals surface area contributed by atoms with E-state index in [4.69, 9.17) is 0 Å². The lowest BCUT2D eigenvalue weighted by molar-refractivity contribution is 0.155. The third-order valence-electron chi connectivity index (χ3n) is 5.83. The minimum atomic E-state index is -3.61. The molecule has 12 heteroatoms. The van der Waals surface area contributed by atoms with Gasteiger partial charge in [0.05, 0.1) is 12.7 Å².